The average Bonchev–Trinajstić information content (AvgIpc) is 2.67. The number of aryl methyl sites for hydroxylation is 1. The second kappa shape index (κ2) is 9.99. The molecule has 1 aromatic carbocycles. The Morgan fingerprint density at radius 3 is 2.30 bits per heavy atom. The Labute approximate surface area is 170 Å². The van der Waals surface area contributed by atoms with E-state index in [1.54, 1.807) is 24.0 Å². The number of ether oxygens (including phenoxy) is 1. The van der Waals surface area contributed by atoms with E-state index in [1.807, 2.05) is 12.1 Å². The van der Waals surface area contributed by atoms with Gasteiger partial charge in [-0.05, 0) is 31.4 Å². The Morgan fingerprint density at radius 2 is 1.70 bits per heavy atom. The predicted molar refractivity (Wildman–Crippen MR) is 101 cm³/mol. The van der Waals surface area contributed by atoms with Crippen molar-refractivity contribution in [1.82, 2.24) is 9.97 Å². The summed E-state index contributed by atoms with van der Waals surface area (Å²) in [6, 6.07) is 7.30. The van der Waals surface area contributed by atoms with Gasteiger partial charge in [-0.25, -0.2) is 4.98 Å². The minimum atomic E-state index is -4.95. The van der Waals surface area contributed by atoms with Gasteiger partial charge in [-0.15, -0.1) is 0 Å². The lowest BCUT2D eigenvalue weighted by Gasteiger charge is -2.25. The quantitative estimate of drug-likeness (QED) is 0.341. The molecule has 4 nitrogen and oxygen atoms in total. The maximum atomic E-state index is 13.2. The molecule has 0 spiro atoms. The summed E-state index contributed by atoms with van der Waals surface area (Å²) in [7, 11) is 0. The highest BCUT2D eigenvalue weighted by Crippen LogP contribution is 2.37. The summed E-state index contributed by atoms with van der Waals surface area (Å²) in [5.41, 5.74) is 0.189. The van der Waals surface area contributed by atoms with Gasteiger partial charge in [0.2, 0.25) is 11.8 Å². The summed E-state index contributed by atoms with van der Waals surface area (Å²) in [4.78, 5) is 9.03. The van der Waals surface area contributed by atoms with Crippen LogP contribution >= 0.6 is 0 Å². The first-order valence-corrected chi connectivity index (χ1v) is 9.56. The number of anilines is 2. The molecule has 1 heterocycles. The van der Waals surface area contributed by atoms with E-state index in [9.17, 15) is 26.3 Å². The largest absolute Gasteiger partial charge is 0.467 e. The molecule has 30 heavy (non-hydrogen) atoms. The first-order valence-electron chi connectivity index (χ1n) is 9.56. The van der Waals surface area contributed by atoms with Gasteiger partial charge in [0.15, 0.2) is 6.61 Å². The molecule has 0 fully saturated rings. The summed E-state index contributed by atoms with van der Waals surface area (Å²) < 4.78 is 81.5. The summed E-state index contributed by atoms with van der Waals surface area (Å²) in [5.74, 6) is -1.31. The third kappa shape index (κ3) is 6.50. The Bertz CT molecular complexity index is 823. The van der Waals surface area contributed by atoms with Gasteiger partial charge in [-0.2, -0.15) is 31.3 Å². The van der Waals surface area contributed by atoms with E-state index >= 15 is 0 Å². The number of aromatic nitrogens is 2. The summed E-state index contributed by atoms with van der Waals surface area (Å²) in [5, 5.41) is 0. The molecule has 2 rings (SSSR count). The lowest BCUT2D eigenvalue weighted by Crippen LogP contribution is -2.24. The molecule has 0 saturated carbocycles. The fourth-order valence-electron chi connectivity index (χ4n) is 2.91. The first kappa shape index (κ1) is 23.8. The Morgan fingerprint density at radius 1 is 1.00 bits per heavy atom. The van der Waals surface area contributed by atoms with E-state index in [0.29, 0.717) is 18.4 Å². The number of halogens is 6. The highest BCUT2D eigenvalue weighted by molar-refractivity contribution is 5.62. The van der Waals surface area contributed by atoms with Crippen LogP contribution in [0.4, 0.5) is 38.0 Å². The number of para-hydroxylation sites is 1. The SMILES string of the molecule is CCCCCc1ccccc1N(CC)c1ncc(C(F)(F)F)c(OCC(F)(F)F)n1. The summed E-state index contributed by atoms with van der Waals surface area (Å²) >= 11 is 0. The van der Waals surface area contributed by atoms with Crippen LogP contribution in [-0.2, 0) is 12.6 Å². The molecule has 0 radical (unpaired) electrons. The van der Waals surface area contributed by atoms with Crippen molar-refractivity contribution < 1.29 is 31.1 Å². The predicted octanol–water partition coefficient (Wildman–Crippen LogP) is 6.33. The van der Waals surface area contributed by atoms with Crippen LogP contribution in [0.1, 0.15) is 44.2 Å². The molecule has 0 N–H and O–H groups in total. The normalized spacial score (nSPS) is 12.1. The maximum Gasteiger partial charge on any atom is 0.423 e. The van der Waals surface area contributed by atoms with Gasteiger partial charge < -0.3 is 9.64 Å². The van der Waals surface area contributed by atoms with Crippen molar-refractivity contribution in [2.24, 2.45) is 0 Å². The van der Waals surface area contributed by atoms with Crippen LogP contribution in [-0.4, -0.2) is 29.3 Å². The van der Waals surface area contributed by atoms with E-state index in [2.05, 4.69) is 21.6 Å². The number of alkyl halides is 6. The zero-order valence-electron chi connectivity index (χ0n) is 16.6. The van der Waals surface area contributed by atoms with E-state index in [4.69, 9.17) is 0 Å². The molecular formula is C20H23F6N3O. The summed E-state index contributed by atoms with van der Waals surface area (Å²) in [6.07, 6.45) is -5.57. The maximum absolute atomic E-state index is 13.2. The standard InChI is InChI=1S/C20H23F6N3O/c1-3-5-6-9-14-10-7-8-11-16(14)29(4-2)18-27-12-15(20(24,25)26)17(28-18)30-13-19(21,22)23/h7-8,10-12H,3-6,9,13H2,1-2H3. The van der Waals surface area contributed by atoms with E-state index in [1.165, 1.54) is 0 Å². The Balaban J connectivity index is 2.43. The fraction of sp³-hybridized carbons (Fsp3) is 0.500. The zero-order valence-corrected chi connectivity index (χ0v) is 16.6. The minimum Gasteiger partial charge on any atom is -0.467 e. The van der Waals surface area contributed by atoms with Gasteiger partial charge in [0, 0.05) is 18.4 Å². The summed E-state index contributed by atoms with van der Waals surface area (Å²) in [6.45, 7) is 2.24. The van der Waals surface area contributed by atoms with E-state index in [0.717, 1.165) is 31.2 Å². The van der Waals surface area contributed by atoms with Crippen LogP contribution < -0.4 is 9.64 Å². The van der Waals surface area contributed by atoms with Crippen molar-refractivity contribution in [3.05, 3.63) is 41.6 Å². The highest BCUT2D eigenvalue weighted by atomic mass is 19.4. The van der Waals surface area contributed by atoms with Crippen LogP contribution in [0.5, 0.6) is 5.88 Å². The Hall–Kier alpha value is -2.52. The molecule has 0 bridgehead atoms. The minimum absolute atomic E-state index is 0.161. The third-order valence-corrected chi connectivity index (χ3v) is 4.31. The third-order valence-electron chi connectivity index (χ3n) is 4.31. The molecule has 0 amide bonds. The van der Waals surface area contributed by atoms with Crippen molar-refractivity contribution in [3.8, 4) is 5.88 Å². The van der Waals surface area contributed by atoms with Gasteiger partial charge >= 0.3 is 12.4 Å². The highest BCUT2D eigenvalue weighted by Gasteiger charge is 2.38. The monoisotopic (exact) mass is 435 g/mol. The zero-order chi connectivity index (χ0) is 22.4. The molecule has 0 saturated heterocycles. The van der Waals surface area contributed by atoms with E-state index < -0.39 is 30.4 Å². The average molecular weight is 435 g/mol. The number of rotatable bonds is 9. The molecule has 0 unspecified atom stereocenters. The van der Waals surface area contributed by atoms with Crippen molar-refractivity contribution in [1.29, 1.82) is 0 Å². The molecule has 10 heteroatoms. The van der Waals surface area contributed by atoms with E-state index in [-0.39, 0.29) is 5.95 Å². The van der Waals surface area contributed by atoms with Crippen molar-refractivity contribution in [2.75, 3.05) is 18.1 Å². The number of hydrogen-bond donors (Lipinski definition) is 0. The van der Waals surface area contributed by atoms with Crippen molar-refractivity contribution >= 4 is 11.6 Å². The van der Waals surface area contributed by atoms with Crippen LogP contribution in [0.2, 0.25) is 0 Å². The fourth-order valence-corrected chi connectivity index (χ4v) is 2.91. The van der Waals surface area contributed by atoms with Gasteiger partial charge in [0.1, 0.15) is 5.56 Å². The van der Waals surface area contributed by atoms with Crippen LogP contribution in [0, 0.1) is 0 Å². The molecule has 0 aliphatic heterocycles. The van der Waals surface area contributed by atoms with Gasteiger partial charge in [-0.3, -0.25) is 0 Å². The first-order chi connectivity index (χ1) is 14.1. The molecule has 166 valence electrons. The Kier molecular flexibility index (Phi) is 7.91. The molecular weight excluding hydrogens is 412 g/mol. The molecule has 0 aliphatic carbocycles. The molecule has 0 aliphatic rings. The second-order valence-electron chi connectivity index (χ2n) is 6.62. The van der Waals surface area contributed by atoms with Crippen molar-refractivity contribution in [2.45, 2.75) is 51.9 Å². The molecule has 0 atom stereocenters. The smallest absolute Gasteiger partial charge is 0.423 e. The lowest BCUT2D eigenvalue weighted by atomic mass is 10.0. The second-order valence-corrected chi connectivity index (χ2v) is 6.62. The number of benzene rings is 1. The van der Waals surface area contributed by atoms with Crippen molar-refractivity contribution in [3.63, 3.8) is 0 Å². The number of hydrogen-bond acceptors (Lipinski definition) is 4. The molecule has 2 aromatic rings. The van der Waals surface area contributed by atoms with Crippen LogP contribution in [0.15, 0.2) is 30.5 Å². The number of unbranched alkanes of at least 4 members (excludes halogenated alkanes) is 2. The van der Waals surface area contributed by atoms with Gasteiger partial charge in [-0.1, -0.05) is 38.0 Å². The van der Waals surface area contributed by atoms with Crippen LogP contribution in [0.25, 0.3) is 0 Å². The topological polar surface area (TPSA) is 38.2 Å². The van der Waals surface area contributed by atoms with Crippen LogP contribution in [0.3, 0.4) is 0 Å². The number of nitrogens with zero attached hydrogens (tertiary/aromatic N) is 3. The van der Waals surface area contributed by atoms with Gasteiger partial charge in [0.05, 0.1) is 0 Å². The molecule has 1 aromatic heterocycles. The van der Waals surface area contributed by atoms with Gasteiger partial charge in [0.25, 0.3) is 0 Å². The lowest BCUT2D eigenvalue weighted by molar-refractivity contribution is -0.159.